The number of carbonyl (C=O) groups excluding carboxylic acids is 1. The first-order valence-electron chi connectivity index (χ1n) is 8.73. The highest BCUT2D eigenvalue weighted by molar-refractivity contribution is 5.85. The molecule has 26 heavy (non-hydrogen) atoms. The lowest BCUT2D eigenvalue weighted by Crippen LogP contribution is -2.51. The summed E-state index contributed by atoms with van der Waals surface area (Å²) in [5.41, 5.74) is 0.733. The van der Waals surface area contributed by atoms with Gasteiger partial charge in [-0.1, -0.05) is 12.1 Å². The summed E-state index contributed by atoms with van der Waals surface area (Å²) >= 11 is 0. The fourth-order valence-electron chi connectivity index (χ4n) is 3.34. The summed E-state index contributed by atoms with van der Waals surface area (Å²) in [6.07, 6.45) is 2.37. The van der Waals surface area contributed by atoms with E-state index in [-0.39, 0.29) is 35.0 Å². The van der Waals surface area contributed by atoms with Crippen LogP contribution in [-0.4, -0.2) is 67.7 Å². The molecule has 1 unspecified atom stereocenters. The molecule has 144 valence electrons. The molecule has 0 aliphatic carbocycles. The van der Waals surface area contributed by atoms with Crippen LogP contribution in [-0.2, 0) is 9.53 Å². The maximum absolute atomic E-state index is 12.3. The Balaban J connectivity index is 0.00000243. The number of rotatable bonds is 6. The topological polar surface area (TPSA) is 88.0 Å². The number of ether oxygens (including phenoxy) is 1. The lowest BCUT2D eigenvalue weighted by Gasteiger charge is -2.35. The Morgan fingerprint density at radius 3 is 2.65 bits per heavy atom. The first kappa shape index (κ1) is 20.4. The highest BCUT2D eigenvalue weighted by Crippen LogP contribution is 2.28. The van der Waals surface area contributed by atoms with Gasteiger partial charge in [0.15, 0.2) is 0 Å². The summed E-state index contributed by atoms with van der Waals surface area (Å²) in [7, 11) is 0. The zero-order chi connectivity index (χ0) is 17.6. The zero-order valence-electron chi connectivity index (χ0n) is 14.6. The SMILES string of the molecule is Cl.O=C(CNCC1CCCO1)N1CCN(c2ccccc2[N+](=O)[O-])CC1. The maximum Gasteiger partial charge on any atom is 0.292 e. The quantitative estimate of drug-likeness (QED) is 0.589. The summed E-state index contributed by atoms with van der Waals surface area (Å²) in [6.45, 7) is 4.19. The van der Waals surface area contributed by atoms with Crippen LogP contribution in [0.1, 0.15) is 12.8 Å². The van der Waals surface area contributed by atoms with Gasteiger partial charge in [0.25, 0.3) is 5.69 Å². The van der Waals surface area contributed by atoms with Crippen molar-refractivity contribution in [2.75, 3.05) is 50.8 Å². The van der Waals surface area contributed by atoms with Crippen LogP contribution < -0.4 is 10.2 Å². The Bertz CT molecular complexity index is 617. The van der Waals surface area contributed by atoms with Crippen molar-refractivity contribution >= 4 is 29.7 Å². The summed E-state index contributed by atoms with van der Waals surface area (Å²) in [5.74, 6) is 0.0696. The molecule has 2 saturated heterocycles. The van der Waals surface area contributed by atoms with Gasteiger partial charge >= 0.3 is 0 Å². The first-order chi connectivity index (χ1) is 12.1. The Labute approximate surface area is 159 Å². The molecule has 9 heteroatoms. The highest BCUT2D eigenvalue weighted by atomic mass is 35.5. The van der Waals surface area contributed by atoms with Crippen LogP contribution >= 0.6 is 12.4 Å². The molecule has 3 rings (SSSR count). The molecule has 0 spiro atoms. The van der Waals surface area contributed by atoms with E-state index < -0.39 is 0 Å². The van der Waals surface area contributed by atoms with Gasteiger partial charge in [-0.15, -0.1) is 12.4 Å². The highest BCUT2D eigenvalue weighted by Gasteiger charge is 2.25. The zero-order valence-corrected chi connectivity index (χ0v) is 15.5. The second kappa shape index (κ2) is 9.70. The van der Waals surface area contributed by atoms with Gasteiger partial charge in [0, 0.05) is 45.4 Å². The number of nitrogens with zero attached hydrogens (tertiary/aromatic N) is 3. The number of benzene rings is 1. The van der Waals surface area contributed by atoms with Crippen molar-refractivity contribution in [3.8, 4) is 0 Å². The number of nitrogens with one attached hydrogen (secondary N) is 1. The van der Waals surface area contributed by atoms with Crippen LogP contribution in [0.3, 0.4) is 0 Å². The Kier molecular flexibility index (Phi) is 7.62. The van der Waals surface area contributed by atoms with E-state index in [9.17, 15) is 14.9 Å². The molecule has 0 radical (unpaired) electrons. The predicted molar refractivity (Wildman–Crippen MR) is 101 cm³/mol. The van der Waals surface area contributed by atoms with Gasteiger partial charge in [-0.05, 0) is 18.9 Å². The van der Waals surface area contributed by atoms with Crippen LogP contribution in [0, 0.1) is 10.1 Å². The minimum atomic E-state index is -0.359. The third-order valence-corrected chi connectivity index (χ3v) is 4.72. The standard InChI is InChI=1S/C17H24N4O4.ClH/c22-17(13-18-12-14-4-3-11-25-14)20-9-7-19(8-10-20)15-5-1-2-6-16(15)21(23)24;/h1-2,5-6,14,18H,3-4,7-13H2;1H. The normalized spacial score (nSPS) is 19.9. The van der Waals surface area contributed by atoms with E-state index in [1.165, 1.54) is 6.07 Å². The third kappa shape index (κ3) is 5.06. The van der Waals surface area contributed by atoms with Crippen LogP contribution in [0.15, 0.2) is 24.3 Å². The molecule has 2 aliphatic rings. The van der Waals surface area contributed by atoms with Crippen molar-refractivity contribution in [1.29, 1.82) is 0 Å². The van der Waals surface area contributed by atoms with Crippen LogP contribution in [0.25, 0.3) is 0 Å². The van der Waals surface area contributed by atoms with Crippen molar-refractivity contribution in [3.05, 3.63) is 34.4 Å². The average molecular weight is 385 g/mol. The molecule has 0 saturated carbocycles. The molecule has 0 bridgehead atoms. The Morgan fingerprint density at radius 1 is 1.27 bits per heavy atom. The van der Waals surface area contributed by atoms with E-state index >= 15 is 0 Å². The smallest absolute Gasteiger partial charge is 0.292 e. The van der Waals surface area contributed by atoms with E-state index in [2.05, 4.69) is 5.32 Å². The number of hydrogen-bond donors (Lipinski definition) is 1. The molecular weight excluding hydrogens is 360 g/mol. The number of amides is 1. The van der Waals surface area contributed by atoms with Crippen molar-refractivity contribution in [2.24, 2.45) is 0 Å². The summed E-state index contributed by atoms with van der Waals surface area (Å²) < 4.78 is 5.52. The molecule has 2 aliphatic heterocycles. The lowest BCUT2D eigenvalue weighted by atomic mass is 10.2. The molecule has 1 amide bonds. The van der Waals surface area contributed by atoms with Gasteiger partial charge in [0.1, 0.15) is 5.69 Å². The second-order valence-corrected chi connectivity index (χ2v) is 6.38. The molecule has 1 atom stereocenters. The molecule has 1 aromatic carbocycles. The Morgan fingerprint density at radius 2 is 2.00 bits per heavy atom. The summed E-state index contributed by atoms with van der Waals surface area (Å²) in [6, 6.07) is 6.75. The van der Waals surface area contributed by atoms with Gasteiger partial charge in [-0.25, -0.2) is 0 Å². The number of carbonyl (C=O) groups is 1. The van der Waals surface area contributed by atoms with Crippen molar-refractivity contribution in [1.82, 2.24) is 10.2 Å². The van der Waals surface area contributed by atoms with Gasteiger partial charge < -0.3 is 19.9 Å². The van der Waals surface area contributed by atoms with Gasteiger partial charge in [0.2, 0.25) is 5.91 Å². The molecule has 1 N–H and O–H groups in total. The fourth-order valence-corrected chi connectivity index (χ4v) is 3.34. The number of nitro groups is 1. The molecule has 1 aromatic rings. The average Bonchev–Trinajstić information content (AvgIpc) is 3.15. The third-order valence-electron chi connectivity index (χ3n) is 4.72. The molecular formula is C17H25ClN4O4. The minimum Gasteiger partial charge on any atom is -0.377 e. The van der Waals surface area contributed by atoms with E-state index in [0.29, 0.717) is 45.0 Å². The van der Waals surface area contributed by atoms with Crippen molar-refractivity contribution in [2.45, 2.75) is 18.9 Å². The number of piperazine rings is 1. The van der Waals surface area contributed by atoms with Crippen molar-refractivity contribution < 1.29 is 14.5 Å². The van der Waals surface area contributed by atoms with Crippen LogP contribution in [0.5, 0.6) is 0 Å². The fraction of sp³-hybridized carbons (Fsp3) is 0.588. The van der Waals surface area contributed by atoms with Gasteiger partial charge in [0.05, 0.1) is 17.6 Å². The monoisotopic (exact) mass is 384 g/mol. The van der Waals surface area contributed by atoms with Crippen LogP contribution in [0.4, 0.5) is 11.4 Å². The number of para-hydroxylation sites is 2. The number of hydrogen-bond acceptors (Lipinski definition) is 6. The first-order valence-corrected chi connectivity index (χ1v) is 8.73. The molecule has 2 fully saturated rings. The summed E-state index contributed by atoms with van der Waals surface area (Å²) in [5, 5.41) is 14.3. The number of nitro benzene ring substituents is 1. The minimum absolute atomic E-state index is 0. The predicted octanol–water partition coefficient (Wildman–Crippen LogP) is 1.43. The summed E-state index contributed by atoms with van der Waals surface area (Å²) in [4.78, 5) is 26.9. The number of anilines is 1. The van der Waals surface area contributed by atoms with E-state index in [1.54, 1.807) is 18.2 Å². The van der Waals surface area contributed by atoms with Crippen molar-refractivity contribution in [3.63, 3.8) is 0 Å². The Hall–Kier alpha value is -1.90. The maximum atomic E-state index is 12.3. The second-order valence-electron chi connectivity index (χ2n) is 6.38. The largest absolute Gasteiger partial charge is 0.377 e. The van der Waals surface area contributed by atoms with E-state index in [1.807, 2.05) is 9.80 Å². The van der Waals surface area contributed by atoms with Gasteiger partial charge in [-0.3, -0.25) is 14.9 Å². The molecule has 2 heterocycles. The molecule has 8 nitrogen and oxygen atoms in total. The van der Waals surface area contributed by atoms with E-state index in [0.717, 1.165) is 19.4 Å². The van der Waals surface area contributed by atoms with E-state index in [4.69, 9.17) is 4.74 Å². The van der Waals surface area contributed by atoms with Crippen LogP contribution in [0.2, 0.25) is 0 Å². The van der Waals surface area contributed by atoms with Gasteiger partial charge in [-0.2, -0.15) is 0 Å². The molecule has 0 aromatic heterocycles. The number of halogens is 1. The lowest BCUT2D eigenvalue weighted by molar-refractivity contribution is -0.384.